The Morgan fingerprint density at radius 2 is 1.17 bits per heavy atom. The number of ether oxygens (including phenoxy) is 1. The zero-order chi connectivity index (χ0) is 59.0. The van der Waals surface area contributed by atoms with Gasteiger partial charge in [-0.2, -0.15) is 18.2 Å². The first-order chi connectivity index (χ1) is 41.1. The van der Waals surface area contributed by atoms with Crippen LogP contribution in [-0.2, 0) is 32.9 Å². The van der Waals surface area contributed by atoms with Crippen LogP contribution in [0.2, 0.25) is 0 Å². The van der Waals surface area contributed by atoms with Crippen molar-refractivity contribution in [3.63, 3.8) is 0 Å². The Labute approximate surface area is 471 Å². The molecule has 0 saturated carbocycles. The van der Waals surface area contributed by atoms with Crippen molar-refractivity contribution in [3.05, 3.63) is 284 Å². The maximum Gasteiger partial charge on any atom is 0.268 e. The first kappa shape index (κ1) is 37.8. The Kier molecular flexibility index (Phi) is 10.2. The van der Waals surface area contributed by atoms with Crippen molar-refractivity contribution in [2.24, 2.45) is 0 Å². The summed E-state index contributed by atoms with van der Waals surface area (Å²) in [4.78, 5) is 5.24. The molecule has 6 heteroatoms. The third kappa shape index (κ3) is 9.03. The molecule has 0 bridgehead atoms. The molecule has 0 spiro atoms. The molecule has 0 fully saturated rings. The van der Waals surface area contributed by atoms with E-state index in [2.05, 4.69) is 110 Å². The van der Waals surface area contributed by atoms with E-state index in [1.807, 2.05) is 97.2 Å². The molecule has 10 aromatic carbocycles. The van der Waals surface area contributed by atoms with E-state index in [1.165, 1.54) is 5.56 Å². The SMILES string of the molecule is [2H]c1c([2H])c([2H])c(-c2cccc(-c3c([2H])c([2H])c([2H])c([2H])c3[2H])c2-[n+]2[c-]n(-c3[c-]c(Oc4[c-]c5c(cc4)c4cc(-c6ccccc6)ccc4n5-c4cc(CC(C)(C)c5ccccc5)c(-c5ccccc5)cn4)ccc3)c3ccccc32)c([2H])c1[2H].[Pt]. The molecule has 3 aromatic heterocycles. The summed E-state index contributed by atoms with van der Waals surface area (Å²) in [6.07, 6.45) is 6.15. The molecule has 0 amide bonds. The quantitative estimate of drug-likeness (QED) is 0.0903. The van der Waals surface area contributed by atoms with E-state index in [-0.39, 0.29) is 54.4 Å². The van der Waals surface area contributed by atoms with Gasteiger partial charge in [-0.15, -0.1) is 29.7 Å². The number of nitrogens with zero attached hydrogens (tertiary/aromatic N) is 4. The number of hydrogen-bond donors (Lipinski definition) is 0. The summed E-state index contributed by atoms with van der Waals surface area (Å²) in [6, 6.07) is 63.2. The van der Waals surface area contributed by atoms with Gasteiger partial charge >= 0.3 is 0 Å². The minimum atomic E-state index is -0.577. The fourth-order valence-electron chi connectivity index (χ4n) is 10.2. The molecule has 0 aliphatic rings. The van der Waals surface area contributed by atoms with Gasteiger partial charge in [0.1, 0.15) is 5.82 Å². The number of hydrogen-bond acceptors (Lipinski definition) is 2. The molecular weight excluding hydrogens is 1110 g/mol. The van der Waals surface area contributed by atoms with Crippen LogP contribution >= 0.6 is 0 Å². The van der Waals surface area contributed by atoms with Gasteiger partial charge in [0, 0.05) is 49.8 Å². The van der Waals surface area contributed by atoms with E-state index in [1.54, 1.807) is 33.4 Å². The average molecular weight is 1170 g/mol. The van der Waals surface area contributed by atoms with E-state index in [4.69, 9.17) is 23.4 Å². The van der Waals surface area contributed by atoms with Crippen LogP contribution in [0.5, 0.6) is 11.5 Å². The molecule has 0 aliphatic heterocycles. The molecule has 13 aromatic rings. The van der Waals surface area contributed by atoms with Crippen LogP contribution in [0.15, 0.2) is 255 Å². The standard InChI is InChI=1S/C70H50N4O.Pt/c1-70(2,55-30-16-7-17-31-55)46-54-43-68(71-47-63(54)52-28-14-6-15-29-52)74-64-41-38-53(49-22-8-3-9-23-49)42-62(64)61-40-39-58(45-67(61)74)75-57-33-20-32-56(44-57)72-48-73(66-37-19-18-36-65(66)72)69-59(50-24-10-4-11-25-50)34-21-35-60(69)51-26-12-5-13-27-51;/h3-43,47H,46H2,1-2H3;/q-2;/i4D,5D,10D,11D,12D,13D,24D,25D,26D,27D;. The van der Waals surface area contributed by atoms with Crippen molar-refractivity contribution >= 4 is 32.8 Å². The third-order valence-corrected chi connectivity index (χ3v) is 13.8. The molecule has 3 heterocycles. The number of pyridine rings is 1. The second-order valence-corrected chi connectivity index (χ2v) is 19.0. The molecule has 0 N–H and O–H groups in total. The Morgan fingerprint density at radius 3 is 1.88 bits per heavy atom. The van der Waals surface area contributed by atoms with E-state index in [9.17, 15) is 0 Å². The molecule has 368 valence electrons. The zero-order valence-electron chi connectivity index (χ0n) is 51.2. The summed E-state index contributed by atoms with van der Waals surface area (Å²) in [5.41, 5.74) is 9.86. The predicted molar refractivity (Wildman–Crippen MR) is 305 cm³/mol. The smallest absolute Gasteiger partial charge is 0.268 e. The van der Waals surface area contributed by atoms with E-state index in [0.29, 0.717) is 28.2 Å². The number of para-hydroxylation sites is 3. The first-order valence-corrected chi connectivity index (χ1v) is 24.7. The number of rotatable bonds is 12. The summed E-state index contributed by atoms with van der Waals surface area (Å²) in [7, 11) is 0. The van der Waals surface area contributed by atoms with Crippen LogP contribution in [0.1, 0.15) is 38.7 Å². The van der Waals surface area contributed by atoms with Gasteiger partial charge in [-0.05, 0) is 85.1 Å². The van der Waals surface area contributed by atoms with Crippen LogP contribution in [0, 0.1) is 18.5 Å². The summed E-state index contributed by atoms with van der Waals surface area (Å²) in [6.45, 7) is 4.55. The molecule has 0 aliphatic carbocycles. The van der Waals surface area contributed by atoms with Crippen LogP contribution in [-0.4, -0.2) is 14.1 Å². The molecule has 0 saturated heterocycles. The summed E-state index contributed by atoms with van der Waals surface area (Å²) < 4.78 is 100. The molecule has 0 radical (unpaired) electrons. The van der Waals surface area contributed by atoms with Crippen LogP contribution in [0.3, 0.4) is 0 Å². The van der Waals surface area contributed by atoms with Crippen molar-refractivity contribution in [1.82, 2.24) is 14.1 Å². The molecule has 0 unspecified atom stereocenters. The maximum absolute atomic E-state index is 9.10. The Morgan fingerprint density at radius 1 is 0.539 bits per heavy atom. The first-order valence-electron chi connectivity index (χ1n) is 29.7. The fourth-order valence-corrected chi connectivity index (χ4v) is 10.2. The van der Waals surface area contributed by atoms with Crippen molar-refractivity contribution in [2.75, 3.05) is 0 Å². The Hall–Kier alpha value is -8.89. The second kappa shape index (κ2) is 20.4. The maximum atomic E-state index is 9.10. The van der Waals surface area contributed by atoms with Gasteiger partial charge in [0.25, 0.3) is 6.33 Å². The second-order valence-electron chi connectivity index (χ2n) is 19.0. The van der Waals surface area contributed by atoms with Crippen molar-refractivity contribution in [2.45, 2.75) is 25.7 Å². The number of imidazole rings is 1. The van der Waals surface area contributed by atoms with Gasteiger partial charge in [0.2, 0.25) is 0 Å². The number of aromatic nitrogens is 4. The van der Waals surface area contributed by atoms with Gasteiger partial charge in [-0.25, -0.2) is 4.98 Å². The summed E-state index contributed by atoms with van der Waals surface area (Å²) >= 11 is 0. The van der Waals surface area contributed by atoms with Gasteiger partial charge in [0.15, 0.2) is 0 Å². The molecule has 13 rings (SSSR count). The van der Waals surface area contributed by atoms with E-state index in [0.717, 1.165) is 61.9 Å². The monoisotopic (exact) mass is 1170 g/mol. The molecule has 76 heavy (non-hydrogen) atoms. The Balaban J connectivity index is 0.00000724. The minimum Gasteiger partial charge on any atom is -0.510 e. The summed E-state index contributed by atoms with van der Waals surface area (Å²) in [5.74, 6) is 1.47. The third-order valence-electron chi connectivity index (χ3n) is 13.8. The van der Waals surface area contributed by atoms with Crippen LogP contribution in [0.4, 0.5) is 0 Å². The fraction of sp³-hybridized carbons (Fsp3) is 0.0571. The largest absolute Gasteiger partial charge is 0.510 e. The van der Waals surface area contributed by atoms with E-state index >= 15 is 0 Å². The Bertz CT molecular complexity index is 4680. The summed E-state index contributed by atoms with van der Waals surface area (Å²) in [5, 5.41) is 1.96. The normalized spacial score (nSPS) is 13.3. The topological polar surface area (TPSA) is 35.9 Å². The molecule has 5 nitrogen and oxygen atoms in total. The van der Waals surface area contributed by atoms with Crippen molar-refractivity contribution in [1.29, 1.82) is 0 Å². The van der Waals surface area contributed by atoms with Crippen LogP contribution < -0.4 is 9.30 Å². The zero-order valence-corrected chi connectivity index (χ0v) is 43.5. The van der Waals surface area contributed by atoms with Gasteiger partial charge in [-0.3, -0.25) is 4.57 Å². The van der Waals surface area contributed by atoms with Crippen molar-refractivity contribution < 1.29 is 44.1 Å². The van der Waals surface area contributed by atoms with Gasteiger partial charge < -0.3 is 13.9 Å². The average Bonchev–Trinajstić information content (AvgIpc) is 1.89. The predicted octanol–water partition coefficient (Wildman–Crippen LogP) is 16.8. The van der Waals surface area contributed by atoms with Crippen LogP contribution in [0.25, 0.3) is 94.5 Å². The molecule has 0 atom stereocenters. The van der Waals surface area contributed by atoms with Gasteiger partial charge in [-0.1, -0.05) is 225 Å². The minimum absolute atomic E-state index is 0. The number of benzene rings is 10. The van der Waals surface area contributed by atoms with Crippen molar-refractivity contribution in [3.8, 4) is 73.2 Å². The van der Waals surface area contributed by atoms with Gasteiger partial charge in [0.05, 0.1) is 30.4 Å². The number of fused-ring (bicyclic) bond motifs is 4. The molecular formula is C70H50N4OPt-2. The van der Waals surface area contributed by atoms with E-state index < -0.39 is 60.4 Å².